The number of nitrogens with one attached hydrogen (secondary N) is 1. The van der Waals surface area contributed by atoms with E-state index in [1.165, 1.54) is 12.1 Å². The van der Waals surface area contributed by atoms with Crippen LogP contribution in [0.3, 0.4) is 0 Å². The van der Waals surface area contributed by atoms with Gasteiger partial charge in [0, 0.05) is 17.1 Å². The maximum Gasteiger partial charge on any atom is 0.124 e. The molecule has 1 rings (SSSR count). The van der Waals surface area contributed by atoms with Crippen LogP contribution in [0, 0.1) is 5.82 Å². The Morgan fingerprint density at radius 1 is 1.35 bits per heavy atom. The number of rotatable bonds is 8. The van der Waals surface area contributed by atoms with E-state index in [1.807, 2.05) is 13.0 Å². The highest BCUT2D eigenvalue weighted by Gasteiger charge is 2.30. The summed E-state index contributed by atoms with van der Waals surface area (Å²) in [6.45, 7) is 9.97. The van der Waals surface area contributed by atoms with Crippen molar-refractivity contribution < 1.29 is 9.13 Å². The molecule has 1 atom stereocenters. The molecule has 1 N–H and O–H groups in total. The number of hydrogen-bond acceptors (Lipinski definition) is 2. The molecule has 114 valence electrons. The SMILES string of the molecule is CCCNC(Cc1ccc(F)cc1Br)C(C)(C)OCC. The van der Waals surface area contributed by atoms with Gasteiger partial charge in [0.2, 0.25) is 0 Å². The van der Waals surface area contributed by atoms with E-state index < -0.39 is 0 Å². The lowest BCUT2D eigenvalue weighted by molar-refractivity contribution is -0.0380. The molecule has 0 bridgehead atoms. The van der Waals surface area contributed by atoms with Crippen molar-refractivity contribution >= 4 is 15.9 Å². The molecule has 0 aromatic heterocycles. The van der Waals surface area contributed by atoms with E-state index in [0.717, 1.165) is 29.4 Å². The van der Waals surface area contributed by atoms with E-state index >= 15 is 0 Å². The van der Waals surface area contributed by atoms with Crippen molar-refractivity contribution in [1.29, 1.82) is 0 Å². The highest BCUT2D eigenvalue weighted by Crippen LogP contribution is 2.24. The van der Waals surface area contributed by atoms with Crippen molar-refractivity contribution in [3.8, 4) is 0 Å². The third-order valence-electron chi connectivity index (χ3n) is 3.44. The normalized spacial score (nSPS) is 13.5. The van der Waals surface area contributed by atoms with Gasteiger partial charge in [-0.15, -0.1) is 0 Å². The zero-order valence-electron chi connectivity index (χ0n) is 12.8. The van der Waals surface area contributed by atoms with Crippen molar-refractivity contribution in [2.24, 2.45) is 0 Å². The Kier molecular flexibility index (Phi) is 7.13. The Balaban J connectivity index is 2.88. The van der Waals surface area contributed by atoms with Crippen LogP contribution in [0.15, 0.2) is 22.7 Å². The minimum absolute atomic E-state index is 0.184. The van der Waals surface area contributed by atoms with E-state index in [2.05, 4.69) is 42.0 Å². The van der Waals surface area contributed by atoms with Crippen LogP contribution < -0.4 is 5.32 Å². The first-order valence-electron chi connectivity index (χ1n) is 7.22. The fourth-order valence-corrected chi connectivity index (χ4v) is 2.77. The summed E-state index contributed by atoms with van der Waals surface area (Å²) in [5.74, 6) is -0.220. The average molecular weight is 346 g/mol. The quantitative estimate of drug-likeness (QED) is 0.757. The molecule has 1 aromatic rings. The average Bonchev–Trinajstić information content (AvgIpc) is 2.36. The van der Waals surface area contributed by atoms with Crippen molar-refractivity contribution in [3.05, 3.63) is 34.1 Å². The molecule has 0 fully saturated rings. The third-order valence-corrected chi connectivity index (χ3v) is 4.17. The molecule has 2 nitrogen and oxygen atoms in total. The second kappa shape index (κ2) is 8.11. The summed E-state index contributed by atoms with van der Waals surface area (Å²) in [4.78, 5) is 0. The van der Waals surface area contributed by atoms with Crippen LogP contribution in [0.2, 0.25) is 0 Å². The van der Waals surface area contributed by atoms with Gasteiger partial charge in [0.15, 0.2) is 0 Å². The minimum Gasteiger partial charge on any atom is -0.374 e. The predicted molar refractivity (Wildman–Crippen MR) is 85.6 cm³/mol. The molecule has 20 heavy (non-hydrogen) atoms. The first kappa shape index (κ1) is 17.6. The van der Waals surface area contributed by atoms with Crippen LogP contribution in [0.4, 0.5) is 4.39 Å². The predicted octanol–water partition coefficient (Wildman–Crippen LogP) is 4.31. The van der Waals surface area contributed by atoms with E-state index in [-0.39, 0.29) is 17.5 Å². The fourth-order valence-electron chi connectivity index (χ4n) is 2.26. The van der Waals surface area contributed by atoms with Gasteiger partial charge < -0.3 is 10.1 Å². The Labute approximate surface area is 130 Å². The van der Waals surface area contributed by atoms with Gasteiger partial charge in [0.05, 0.1) is 5.60 Å². The van der Waals surface area contributed by atoms with Gasteiger partial charge >= 0.3 is 0 Å². The van der Waals surface area contributed by atoms with Gasteiger partial charge in [-0.05, 0) is 57.9 Å². The molecule has 1 aromatic carbocycles. The molecule has 0 aliphatic carbocycles. The number of hydrogen-bond donors (Lipinski definition) is 1. The van der Waals surface area contributed by atoms with E-state index in [1.54, 1.807) is 0 Å². The second-order valence-corrected chi connectivity index (χ2v) is 6.34. The number of ether oxygens (including phenoxy) is 1. The van der Waals surface area contributed by atoms with Gasteiger partial charge in [-0.3, -0.25) is 0 Å². The Morgan fingerprint density at radius 2 is 2.05 bits per heavy atom. The van der Waals surface area contributed by atoms with E-state index in [4.69, 9.17) is 4.74 Å². The van der Waals surface area contributed by atoms with Crippen molar-refractivity contribution in [2.45, 2.75) is 52.2 Å². The molecular formula is C16H25BrFNO. The summed E-state index contributed by atoms with van der Waals surface area (Å²) < 4.78 is 19.9. The monoisotopic (exact) mass is 345 g/mol. The third kappa shape index (κ3) is 5.15. The van der Waals surface area contributed by atoms with Crippen LogP contribution >= 0.6 is 15.9 Å². The van der Waals surface area contributed by atoms with Crippen molar-refractivity contribution in [3.63, 3.8) is 0 Å². The van der Waals surface area contributed by atoms with Crippen molar-refractivity contribution in [2.75, 3.05) is 13.2 Å². The molecule has 0 saturated carbocycles. The van der Waals surface area contributed by atoms with Crippen LogP contribution in [0.5, 0.6) is 0 Å². The second-order valence-electron chi connectivity index (χ2n) is 5.48. The first-order chi connectivity index (χ1) is 9.40. The van der Waals surface area contributed by atoms with E-state index in [9.17, 15) is 4.39 Å². The van der Waals surface area contributed by atoms with Crippen LogP contribution in [0.25, 0.3) is 0 Å². The molecular weight excluding hydrogens is 321 g/mol. The highest BCUT2D eigenvalue weighted by molar-refractivity contribution is 9.10. The van der Waals surface area contributed by atoms with Gasteiger partial charge in [0.25, 0.3) is 0 Å². The minimum atomic E-state index is -0.266. The van der Waals surface area contributed by atoms with Crippen molar-refractivity contribution in [1.82, 2.24) is 5.32 Å². The molecule has 0 saturated heterocycles. The Bertz CT molecular complexity index is 423. The zero-order chi connectivity index (χ0) is 15.2. The van der Waals surface area contributed by atoms with E-state index in [0.29, 0.717) is 6.61 Å². The first-order valence-corrected chi connectivity index (χ1v) is 8.01. The summed E-state index contributed by atoms with van der Waals surface area (Å²) >= 11 is 3.44. The van der Waals surface area contributed by atoms with Gasteiger partial charge in [-0.1, -0.05) is 28.9 Å². The summed E-state index contributed by atoms with van der Waals surface area (Å²) in [6, 6.07) is 5.04. The number of benzene rings is 1. The van der Waals surface area contributed by atoms with Gasteiger partial charge in [-0.2, -0.15) is 0 Å². The lowest BCUT2D eigenvalue weighted by Crippen LogP contribution is -2.50. The van der Waals surface area contributed by atoms with Gasteiger partial charge in [0.1, 0.15) is 5.82 Å². The molecule has 0 heterocycles. The van der Waals surface area contributed by atoms with Crippen LogP contribution in [-0.2, 0) is 11.2 Å². The lowest BCUT2D eigenvalue weighted by Gasteiger charge is -2.35. The summed E-state index contributed by atoms with van der Waals surface area (Å²) in [6.07, 6.45) is 1.87. The molecule has 0 amide bonds. The lowest BCUT2D eigenvalue weighted by atomic mass is 9.92. The number of halogens is 2. The van der Waals surface area contributed by atoms with Crippen LogP contribution in [0.1, 0.15) is 39.7 Å². The Hall–Kier alpha value is -0.450. The summed E-state index contributed by atoms with van der Waals surface area (Å²) in [5.41, 5.74) is 0.824. The fraction of sp³-hybridized carbons (Fsp3) is 0.625. The summed E-state index contributed by atoms with van der Waals surface area (Å²) in [7, 11) is 0. The molecule has 0 aliphatic heterocycles. The van der Waals surface area contributed by atoms with Crippen LogP contribution in [-0.4, -0.2) is 24.8 Å². The molecule has 0 radical (unpaired) electrons. The zero-order valence-corrected chi connectivity index (χ0v) is 14.4. The Morgan fingerprint density at radius 3 is 2.60 bits per heavy atom. The topological polar surface area (TPSA) is 21.3 Å². The molecule has 1 unspecified atom stereocenters. The molecule has 4 heteroatoms. The maximum absolute atomic E-state index is 13.2. The molecule has 0 spiro atoms. The van der Waals surface area contributed by atoms with Gasteiger partial charge in [-0.25, -0.2) is 4.39 Å². The summed E-state index contributed by atoms with van der Waals surface area (Å²) in [5, 5.41) is 3.55. The smallest absolute Gasteiger partial charge is 0.124 e. The molecule has 0 aliphatic rings. The largest absolute Gasteiger partial charge is 0.374 e. The standard InChI is InChI=1S/C16H25BrFNO/c1-5-9-19-15(16(3,4)20-6-2)10-12-7-8-13(18)11-14(12)17/h7-8,11,15,19H,5-6,9-10H2,1-4H3. The maximum atomic E-state index is 13.2. The highest BCUT2D eigenvalue weighted by atomic mass is 79.9.